The molecule has 0 amide bonds. The lowest BCUT2D eigenvalue weighted by Crippen LogP contribution is -2.52. The molecule has 0 aliphatic carbocycles. The van der Waals surface area contributed by atoms with Gasteiger partial charge in [-0.2, -0.15) is 0 Å². The van der Waals surface area contributed by atoms with Gasteiger partial charge in [-0.3, -0.25) is 9.79 Å². The molecule has 1 unspecified atom stereocenters. The number of anilines is 1. The van der Waals surface area contributed by atoms with Crippen molar-refractivity contribution < 1.29 is 14.3 Å². The molecule has 150 valence electrons. The van der Waals surface area contributed by atoms with Gasteiger partial charge in [0.2, 0.25) is 0 Å². The molecule has 0 aromatic heterocycles. The lowest BCUT2D eigenvalue weighted by atomic mass is 10.0. The van der Waals surface area contributed by atoms with Crippen LogP contribution in [0.25, 0.3) is 0 Å². The van der Waals surface area contributed by atoms with E-state index in [1.54, 1.807) is 14.2 Å². The second-order valence-corrected chi connectivity index (χ2v) is 7.64. The summed E-state index contributed by atoms with van der Waals surface area (Å²) in [5.41, 5.74) is 0.661. The van der Waals surface area contributed by atoms with E-state index >= 15 is 0 Å². The highest BCUT2D eigenvalue weighted by molar-refractivity contribution is 5.84. The molecule has 2 rings (SSSR count). The molecule has 0 saturated carbocycles. The minimum atomic E-state index is -0.490. The summed E-state index contributed by atoms with van der Waals surface area (Å²) in [5, 5.41) is 6.45. The summed E-state index contributed by atoms with van der Waals surface area (Å²) in [7, 11) is 3.38. The van der Waals surface area contributed by atoms with Crippen molar-refractivity contribution in [1.82, 2.24) is 10.6 Å². The quantitative estimate of drug-likeness (QED) is 0.466. The number of ether oxygens (including phenoxy) is 2. The molecule has 7 nitrogen and oxygen atoms in total. The van der Waals surface area contributed by atoms with Crippen molar-refractivity contribution in [3.8, 4) is 5.75 Å². The highest BCUT2D eigenvalue weighted by Crippen LogP contribution is 2.24. The molecule has 1 aliphatic rings. The third-order valence-corrected chi connectivity index (χ3v) is 4.22. The zero-order chi connectivity index (χ0) is 19.9. The maximum absolute atomic E-state index is 11.9. The Hall–Kier alpha value is -2.44. The third kappa shape index (κ3) is 7.00. The van der Waals surface area contributed by atoms with Gasteiger partial charge in [-0.1, -0.05) is 6.07 Å². The van der Waals surface area contributed by atoms with Crippen molar-refractivity contribution in [3.63, 3.8) is 0 Å². The average molecular weight is 377 g/mol. The monoisotopic (exact) mass is 376 g/mol. The Balaban J connectivity index is 1.88. The first kappa shape index (κ1) is 20.9. The Bertz CT molecular complexity index is 655. The summed E-state index contributed by atoms with van der Waals surface area (Å²) in [4.78, 5) is 18.4. The van der Waals surface area contributed by atoms with Crippen LogP contribution in [0.15, 0.2) is 29.3 Å². The number of esters is 1. The zero-order valence-corrected chi connectivity index (χ0v) is 17.0. The van der Waals surface area contributed by atoms with Crippen molar-refractivity contribution in [2.75, 3.05) is 38.7 Å². The molecule has 27 heavy (non-hydrogen) atoms. The van der Waals surface area contributed by atoms with E-state index in [4.69, 9.17) is 9.47 Å². The summed E-state index contributed by atoms with van der Waals surface area (Å²) >= 11 is 0. The number of aliphatic imine (C=N–C) groups is 1. The van der Waals surface area contributed by atoms with Gasteiger partial charge in [0.1, 0.15) is 17.9 Å². The summed E-state index contributed by atoms with van der Waals surface area (Å²) in [6.07, 6.45) is 2.13. The lowest BCUT2D eigenvalue weighted by molar-refractivity contribution is -0.153. The smallest absolute Gasteiger partial charge is 0.325 e. The molecule has 0 bridgehead atoms. The van der Waals surface area contributed by atoms with E-state index in [-0.39, 0.29) is 18.6 Å². The number of rotatable bonds is 5. The van der Waals surface area contributed by atoms with Gasteiger partial charge in [-0.15, -0.1) is 0 Å². The molecule has 1 aromatic rings. The van der Waals surface area contributed by atoms with Crippen LogP contribution in [-0.4, -0.2) is 57.4 Å². The fourth-order valence-corrected chi connectivity index (χ4v) is 3.06. The molecule has 2 N–H and O–H groups in total. The largest absolute Gasteiger partial charge is 0.497 e. The van der Waals surface area contributed by atoms with Gasteiger partial charge in [0.25, 0.3) is 0 Å². The van der Waals surface area contributed by atoms with Gasteiger partial charge in [0.05, 0.1) is 7.11 Å². The number of hydrogen-bond acceptors (Lipinski definition) is 5. The first-order valence-electron chi connectivity index (χ1n) is 9.39. The molecule has 1 aromatic carbocycles. The standard InChI is InChI=1S/C20H32N4O3/c1-20(2,3)27-18(25)13-22-19(21-4)23-15-8-7-11-24(14-15)16-9-6-10-17(12-16)26-5/h6,9-10,12,15H,7-8,11,13-14H2,1-5H3,(H2,21,22,23). The van der Waals surface area contributed by atoms with Crippen LogP contribution in [0.2, 0.25) is 0 Å². The lowest BCUT2D eigenvalue weighted by Gasteiger charge is -2.35. The van der Waals surface area contributed by atoms with E-state index in [1.807, 2.05) is 32.9 Å². The number of nitrogens with one attached hydrogen (secondary N) is 2. The van der Waals surface area contributed by atoms with Gasteiger partial charge in [-0.25, -0.2) is 0 Å². The first-order valence-corrected chi connectivity index (χ1v) is 9.39. The van der Waals surface area contributed by atoms with Crippen molar-refractivity contribution in [2.24, 2.45) is 4.99 Å². The number of benzene rings is 1. The number of carbonyl (C=O) groups excluding carboxylic acids is 1. The van der Waals surface area contributed by atoms with E-state index in [0.29, 0.717) is 5.96 Å². The molecular formula is C20H32N4O3. The van der Waals surface area contributed by atoms with E-state index < -0.39 is 5.60 Å². The van der Waals surface area contributed by atoms with Crippen LogP contribution in [-0.2, 0) is 9.53 Å². The average Bonchev–Trinajstić information content (AvgIpc) is 2.64. The predicted octanol–water partition coefficient (Wildman–Crippen LogP) is 2.17. The van der Waals surface area contributed by atoms with Gasteiger partial charge < -0.3 is 25.0 Å². The summed E-state index contributed by atoms with van der Waals surface area (Å²) in [5.74, 6) is 1.17. The molecule has 1 saturated heterocycles. The normalized spacial score (nSPS) is 18.0. The SMILES string of the molecule is CN=C(NCC(=O)OC(C)(C)C)NC1CCCN(c2cccc(OC)c2)C1. The minimum Gasteiger partial charge on any atom is -0.497 e. The molecule has 0 spiro atoms. The van der Waals surface area contributed by atoms with Crippen LogP contribution in [0.3, 0.4) is 0 Å². The van der Waals surface area contributed by atoms with Crippen LogP contribution in [0, 0.1) is 0 Å². The van der Waals surface area contributed by atoms with Crippen LogP contribution >= 0.6 is 0 Å². The van der Waals surface area contributed by atoms with Crippen molar-refractivity contribution in [2.45, 2.75) is 45.3 Å². The fraction of sp³-hybridized carbons (Fsp3) is 0.600. The molecule has 1 heterocycles. The number of methoxy groups -OCH3 is 1. The topological polar surface area (TPSA) is 75.2 Å². The first-order chi connectivity index (χ1) is 12.8. The number of nitrogens with zero attached hydrogens (tertiary/aromatic N) is 2. The molecule has 1 aliphatic heterocycles. The second-order valence-electron chi connectivity index (χ2n) is 7.64. The summed E-state index contributed by atoms with van der Waals surface area (Å²) in [6.45, 7) is 7.52. The Kier molecular flexibility index (Phi) is 7.33. The molecule has 7 heteroatoms. The highest BCUT2D eigenvalue weighted by atomic mass is 16.6. The van der Waals surface area contributed by atoms with Crippen molar-refractivity contribution >= 4 is 17.6 Å². The molecule has 1 atom stereocenters. The second kappa shape index (κ2) is 9.48. The van der Waals surface area contributed by atoms with Gasteiger partial charge in [0, 0.05) is 37.9 Å². The number of hydrogen-bond donors (Lipinski definition) is 2. The maximum atomic E-state index is 11.9. The third-order valence-electron chi connectivity index (χ3n) is 4.22. The molecule has 1 fully saturated rings. The minimum absolute atomic E-state index is 0.0866. The number of carbonyl (C=O) groups is 1. The Morgan fingerprint density at radius 1 is 1.37 bits per heavy atom. The van der Waals surface area contributed by atoms with E-state index in [9.17, 15) is 4.79 Å². The molecular weight excluding hydrogens is 344 g/mol. The predicted molar refractivity (Wildman–Crippen MR) is 109 cm³/mol. The number of guanidine groups is 1. The van der Waals surface area contributed by atoms with Crippen LogP contribution in [0.4, 0.5) is 5.69 Å². The molecule has 0 radical (unpaired) electrons. The summed E-state index contributed by atoms with van der Waals surface area (Å²) in [6, 6.07) is 8.35. The Morgan fingerprint density at radius 3 is 2.81 bits per heavy atom. The van der Waals surface area contributed by atoms with E-state index in [0.717, 1.165) is 37.4 Å². The summed E-state index contributed by atoms with van der Waals surface area (Å²) < 4.78 is 10.6. The van der Waals surface area contributed by atoms with Gasteiger partial charge >= 0.3 is 5.97 Å². The zero-order valence-electron chi connectivity index (χ0n) is 17.0. The maximum Gasteiger partial charge on any atom is 0.325 e. The van der Waals surface area contributed by atoms with Crippen LogP contribution in [0.5, 0.6) is 5.75 Å². The van der Waals surface area contributed by atoms with E-state index in [1.165, 1.54) is 0 Å². The van der Waals surface area contributed by atoms with Gasteiger partial charge in [0.15, 0.2) is 5.96 Å². The Morgan fingerprint density at radius 2 is 2.15 bits per heavy atom. The fourth-order valence-electron chi connectivity index (χ4n) is 3.06. The van der Waals surface area contributed by atoms with E-state index in [2.05, 4.69) is 32.7 Å². The van der Waals surface area contributed by atoms with Crippen LogP contribution in [0.1, 0.15) is 33.6 Å². The highest BCUT2D eigenvalue weighted by Gasteiger charge is 2.22. The van der Waals surface area contributed by atoms with Crippen LogP contribution < -0.4 is 20.3 Å². The van der Waals surface area contributed by atoms with Gasteiger partial charge in [-0.05, 0) is 45.7 Å². The number of piperidine rings is 1. The Labute approximate surface area is 162 Å². The van der Waals surface area contributed by atoms with Crippen molar-refractivity contribution in [1.29, 1.82) is 0 Å². The van der Waals surface area contributed by atoms with Crippen molar-refractivity contribution in [3.05, 3.63) is 24.3 Å².